The molecule has 0 bridgehead atoms. The predicted octanol–water partition coefficient (Wildman–Crippen LogP) is 3.55. The van der Waals surface area contributed by atoms with Gasteiger partial charge in [-0.05, 0) is 36.1 Å². The minimum atomic E-state index is -4.47. The molecule has 0 radical (unpaired) electrons. The van der Waals surface area contributed by atoms with Crippen molar-refractivity contribution in [2.75, 3.05) is 0 Å². The summed E-state index contributed by atoms with van der Waals surface area (Å²) in [5.74, 6) is -1.93. The molecule has 92 valence electrons. The summed E-state index contributed by atoms with van der Waals surface area (Å²) >= 11 is 5.61. The van der Waals surface area contributed by atoms with Crippen LogP contribution in [0.4, 0.5) is 13.2 Å². The van der Waals surface area contributed by atoms with Crippen LogP contribution in [0.5, 0.6) is 0 Å². The molecule has 1 aliphatic rings. The maximum absolute atomic E-state index is 12.5. The molecule has 6 heteroatoms. The van der Waals surface area contributed by atoms with E-state index in [9.17, 15) is 18.0 Å². The molecule has 0 amide bonds. The number of aliphatic carboxylic acids is 1. The Kier molecular flexibility index (Phi) is 2.81. The van der Waals surface area contributed by atoms with Gasteiger partial charge in [0.25, 0.3) is 0 Å². The highest BCUT2D eigenvalue weighted by Gasteiger charge is 2.45. The van der Waals surface area contributed by atoms with E-state index in [0.717, 1.165) is 12.1 Å². The standard InChI is InChI=1S/C11H8ClF3O2/c12-7-2-5(8-4-9(8)10(16)17)1-6(3-7)11(13,14)15/h1-3,8-9H,4H2,(H,16,17)/t8-,9+/m0/s1. The summed E-state index contributed by atoms with van der Waals surface area (Å²) < 4.78 is 37.5. The third-order valence-electron chi connectivity index (χ3n) is 2.78. The van der Waals surface area contributed by atoms with E-state index >= 15 is 0 Å². The smallest absolute Gasteiger partial charge is 0.416 e. The van der Waals surface area contributed by atoms with E-state index in [2.05, 4.69) is 0 Å². The van der Waals surface area contributed by atoms with Crippen molar-refractivity contribution in [2.45, 2.75) is 18.5 Å². The number of halogens is 4. The van der Waals surface area contributed by atoms with E-state index in [0.29, 0.717) is 12.0 Å². The number of hydrogen-bond donors (Lipinski definition) is 1. The Hall–Kier alpha value is -1.23. The molecule has 2 atom stereocenters. The molecule has 0 spiro atoms. The van der Waals surface area contributed by atoms with Crippen LogP contribution in [0.15, 0.2) is 18.2 Å². The SMILES string of the molecule is O=C(O)[C@@H]1C[C@H]1c1cc(Cl)cc(C(F)(F)F)c1. The van der Waals surface area contributed by atoms with Gasteiger partial charge in [-0.1, -0.05) is 11.6 Å². The van der Waals surface area contributed by atoms with Crippen LogP contribution in [-0.4, -0.2) is 11.1 Å². The second kappa shape index (κ2) is 3.91. The number of hydrogen-bond acceptors (Lipinski definition) is 1. The van der Waals surface area contributed by atoms with Gasteiger partial charge in [0.2, 0.25) is 0 Å². The van der Waals surface area contributed by atoms with E-state index in [1.165, 1.54) is 6.07 Å². The molecule has 17 heavy (non-hydrogen) atoms. The van der Waals surface area contributed by atoms with E-state index < -0.39 is 23.6 Å². The first-order chi connectivity index (χ1) is 7.79. The molecule has 1 aliphatic carbocycles. The minimum absolute atomic E-state index is 0.0223. The molecule has 0 heterocycles. The van der Waals surface area contributed by atoms with Crippen LogP contribution in [-0.2, 0) is 11.0 Å². The zero-order valence-electron chi connectivity index (χ0n) is 8.46. The Morgan fingerprint density at radius 2 is 2.00 bits per heavy atom. The van der Waals surface area contributed by atoms with Gasteiger partial charge < -0.3 is 5.11 Å². The van der Waals surface area contributed by atoms with Gasteiger partial charge in [-0.15, -0.1) is 0 Å². The zero-order valence-corrected chi connectivity index (χ0v) is 9.22. The summed E-state index contributed by atoms with van der Waals surface area (Å²) in [6.07, 6.45) is -4.10. The van der Waals surface area contributed by atoms with E-state index in [4.69, 9.17) is 16.7 Å². The topological polar surface area (TPSA) is 37.3 Å². The maximum Gasteiger partial charge on any atom is 0.416 e. The second-order valence-corrected chi connectivity index (χ2v) is 4.49. The molecular formula is C11H8ClF3O2. The first kappa shape index (κ1) is 12.2. The van der Waals surface area contributed by atoms with Crippen LogP contribution < -0.4 is 0 Å². The van der Waals surface area contributed by atoms with Gasteiger partial charge in [-0.3, -0.25) is 4.79 Å². The number of alkyl halides is 3. The number of carboxylic acid groups (broad SMARTS) is 1. The lowest BCUT2D eigenvalue weighted by Gasteiger charge is -2.09. The molecule has 0 saturated heterocycles. The van der Waals surface area contributed by atoms with Crippen LogP contribution in [0.3, 0.4) is 0 Å². The van der Waals surface area contributed by atoms with Gasteiger partial charge in [0.05, 0.1) is 11.5 Å². The fourth-order valence-electron chi connectivity index (χ4n) is 1.83. The first-order valence-electron chi connectivity index (χ1n) is 4.89. The first-order valence-corrected chi connectivity index (χ1v) is 5.27. The van der Waals surface area contributed by atoms with Crippen molar-refractivity contribution < 1.29 is 23.1 Å². The number of carbonyl (C=O) groups is 1. The van der Waals surface area contributed by atoms with Crippen LogP contribution >= 0.6 is 11.6 Å². The Balaban J connectivity index is 2.31. The third-order valence-corrected chi connectivity index (χ3v) is 3.00. The number of benzene rings is 1. The summed E-state index contributed by atoms with van der Waals surface area (Å²) in [7, 11) is 0. The lowest BCUT2D eigenvalue weighted by molar-refractivity contribution is -0.138. The zero-order chi connectivity index (χ0) is 12.8. The van der Waals surface area contributed by atoms with Crippen LogP contribution in [0.2, 0.25) is 5.02 Å². The molecule has 1 aromatic rings. The van der Waals surface area contributed by atoms with Crippen molar-refractivity contribution in [1.82, 2.24) is 0 Å². The molecule has 1 saturated carbocycles. The summed E-state index contributed by atoms with van der Waals surface area (Å²) in [5, 5.41) is 8.71. The molecular weight excluding hydrogens is 257 g/mol. The molecule has 2 rings (SSSR count). The van der Waals surface area contributed by atoms with Gasteiger partial charge >= 0.3 is 12.1 Å². The highest BCUT2D eigenvalue weighted by atomic mass is 35.5. The fraction of sp³-hybridized carbons (Fsp3) is 0.364. The molecule has 0 aromatic heterocycles. The van der Waals surface area contributed by atoms with E-state index in [1.807, 2.05) is 0 Å². The molecule has 1 fully saturated rings. The van der Waals surface area contributed by atoms with Gasteiger partial charge in [0.1, 0.15) is 0 Å². The molecule has 0 unspecified atom stereocenters. The normalized spacial score (nSPS) is 23.5. The summed E-state index contributed by atoms with van der Waals surface area (Å²) in [5.41, 5.74) is -0.492. The monoisotopic (exact) mass is 264 g/mol. The third kappa shape index (κ3) is 2.54. The largest absolute Gasteiger partial charge is 0.481 e. The Morgan fingerprint density at radius 3 is 2.47 bits per heavy atom. The number of rotatable bonds is 2. The van der Waals surface area contributed by atoms with E-state index in [1.54, 1.807) is 0 Å². The summed E-state index contributed by atoms with van der Waals surface area (Å²) in [6.45, 7) is 0. The average Bonchev–Trinajstić information content (AvgIpc) is 2.94. The molecule has 0 aliphatic heterocycles. The van der Waals surface area contributed by atoms with E-state index in [-0.39, 0.29) is 10.9 Å². The van der Waals surface area contributed by atoms with Crippen molar-refractivity contribution in [3.05, 3.63) is 34.3 Å². The predicted molar refractivity (Wildman–Crippen MR) is 54.9 cm³/mol. The minimum Gasteiger partial charge on any atom is -0.481 e. The summed E-state index contributed by atoms with van der Waals surface area (Å²) in [4.78, 5) is 10.7. The van der Waals surface area contributed by atoms with Crippen LogP contribution in [0, 0.1) is 5.92 Å². The highest BCUT2D eigenvalue weighted by molar-refractivity contribution is 6.30. The lowest BCUT2D eigenvalue weighted by Crippen LogP contribution is -2.06. The van der Waals surface area contributed by atoms with Gasteiger partial charge in [-0.25, -0.2) is 0 Å². The highest BCUT2D eigenvalue weighted by Crippen LogP contribution is 2.49. The van der Waals surface area contributed by atoms with Crippen molar-refractivity contribution in [1.29, 1.82) is 0 Å². The molecule has 2 nitrogen and oxygen atoms in total. The van der Waals surface area contributed by atoms with Gasteiger partial charge in [0, 0.05) is 5.02 Å². The maximum atomic E-state index is 12.5. The lowest BCUT2D eigenvalue weighted by atomic mass is 10.1. The Labute approximate surface area is 100 Å². The number of carboxylic acids is 1. The summed E-state index contributed by atoms with van der Waals surface area (Å²) in [6, 6.07) is 3.20. The fourth-order valence-corrected chi connectivity index (χ4v) is 2.07. The van der Waals surface area contributed by atoms with Gasteiger partial charge in [-0.2, -0.15) is 13.2 Å². The molecule has 1 aromatic carbocycles. The van der Waals surface area contributed by atoms with Crippen molar-refractivity contribution >= 4 is 17.6 Å². The van der Waals surface area contributed by atoms with Crippen LogP contribution in [0.1, 0.15) is 23.5 Å². The van der Waals surface area contributed by atoms with Crippen molar-refractivity contribution in [2.24, 2.45) is 5.92 Å². The van der Waals surface area contributed by atoms with Crippen LogP contribution in [0.25, 0.3) is 0 Å². The quantitative estimate of drug-likeness (QED) is 0.887. The Morgan fingerprint density at radius 1 is 1.35 bits per heavy atom. The van der Waals surface area contributed by atoms with Crippen molar-refractivity contribution in [3.8, 4) is 0 Å². The Bertz CT molecular complexity index is 470. The average molecular weight is 265 g/mol. The van der Waals surface area contributed by atoms with Crippen molar-refractivity contribution in [3.63, 3.8) is 0 Å². The second-order valence-electron chi connectivity index (χ2n) is 4.06. The molecule has 1 N–H and O–H groups in total. The van der Waals surface area contributed by atoms with Gasteiger partial charge in [0.15, 0.2) is 0 Å².